The van der Waals surface area contributed by atoms with Gasteiger partial charge in [-0.15, -0.1) is 0 Å². The number of hydrogen-bond acceptors (Lipinski definition) is 5. The molecule has 3 rings (SSSR count). The van der Waals surface area contributed by atoms with Gasteiger partial charge in [-0.05, 0) is 19.1 Å². The van der Waals surface area contributed by atoms with Crippen LogP contribution in [-0.2, 0) is 20.9 Å². The lowest BCUT2D eigenvalue weighted by atomic mass is 10.2. The van der Waals surface area contributed by atoms with E-state index in [2.05, 4.69) is 14.9 Å². The van der Waals surface area contributed by atoms with Gasteiger partial charge in [0.15, 0.2) is 0 Å². The van der Waals surface area contributed by atoms with Crippen LogP contribution in [0.2, 0.25) is 0 Å². The number of amides is 1. The van der Waals surface area contributed by atoms with Gasteiger partial charge in [0, 0.05) is 32.6 Å². The molecule has 0 bridgehead atoms. The van der Waals surface area contributed by atoms with Gasteiger partial charge in [-0.2, -0.15) is 0 Å². The van der Waals surface area contributed by atoms with E-state index in [-0.39, 0.29) is 24.7 Å². The zero-order chi connectivity index (χ0) is 17.6. The van der Waals surface area contributed by atoms with Crippen LogP contribution >= 0.6 is 0 Å². The summed E-state index contributed by atoms with van der Waals surface area (Å²) in [5.74, 6) is 0.666. The SMILES string of the molecule is CCOC(=O)CCC(=O)N1CCN(Cc2nc3ccccc3[nH]2)CC1. The number of imidazole rings is 1. The summed E-state index contributed by atoms with van der Waals surface area (Å²) in [7, 11) is 0. The number of hydrogen-bond donors (Lipinski definition) is 1. The Morgan fingerprint density at radius 1 is 1.16 bits per heavy atom. The van der Waals surface area contributed by atoms with E-state index in [0.29, 0.717) is 19.7 Å². The number of carbonyl (C=O) groups is 2. The van der Waals surface area contributed by atoms with Crippen LogP contribution in [0.4, 0.5) is 0 Å². The molecule has 1 amide bonds. The lowest BCUT2D eigenvalue weighted by molar-refractivity contribution is -0.146. The van der Waals surface area contributed by atoms with Gasteiger partial charge in [0.2, 0.25) is 5.91 Å². The monoisotopic (exact) mass is 344 g/mol. The van der Waals surface area contributed by atoms with Crippen molar-refractivity contribution in [2.75, 3.05) is 32.8 Å². The molecule has 2 heterocycles. The minimum atomic E-state index is -0.306. The molecule has 1 aliphatic rings. The number of nitrogens with zero attached hydrogens (tertiary/aromatic N) is 3. The lowest BCUT2D eigenvalue weighted by Gasteiger charge is -2.34. The second-order valence-electron chi connectivity index (χ2n) is 6.16. The van der Waals surface area contributed by atoms with Crippen LogP contribution in [0.25, 0.3) is 11.0 Å². The van der Waals surface area contributed by atoms with Crippen LogP contribution in [0.1, 0.15) is 25.6 Å². The Morgan fingerprint density at radius 2 is 1.92 bits per heavy atom. The highest BCUT2D eigenvalue weighted by Crippen LogP contribution is 2.13. The van der Waals surface area contributed by atoms with Crippen molar-refractivity contribution in [1.82, 2.24) is 19.8 Å². The van der Waals surface area contributed by atoms with Crippen molar-refractivity contribution in [2.45, 2.75) is 26.3 Å². The Morgan fingerprint density at radius 3 is 2.64 bits per heavy atom. The van der Waals surface area contributed by atoms with Gasteiger partial charge in [-0.3, -0.25) is 14.5 Å². The van der Waals surface area contributed by atoms with Crippen LogP contribution in [0.5, 0.6) is 0 Å². The van der Waals surface area contributed by atoms with Crippen LogP contribution in [0.3, 0.4) is 0 Å². The highest BCUT2D eigenvalue weighted by molar-refractivity contribution is 5.81. The van der Waals surface area contributed by atoms with E-state index in [1.807, 2.05) is 29.2 Å². The summed E-state index contributed by atoms with van der Waals surface area (Å²) in [4.78, 5) is 35.6. The van der Waals surface area contributed by atoms with E-state index >= 15 is 0 Å². The molecule has 25 heavy (non-hydrogen) atoms. The van der Waals surface area contributed by atoms with Gasteiger partial charge in [0.05, 0.1) is 30.6 Å². The first-order chi connectivity index (χ1) is 12.2. The smallest absolute Gasteiger partial charge is 0.306 e. The fraction of sp³-hybridized carbons (Fsp3) is 0.500. The fourth-order valence-electron chi connectivity index (χ4n) is 3.05. The average Bonchev–Trinajstić information content (AvgIpc) is 3.03. The van der Waals surface area contributed by atoms with Gasteiger partial charge in [-0.25, -0.2) is 4.98 Å². The summed E-state index contributed by atoms with van der Waals surface area (Å²) in [6, 6.07) is 7.99. The largest absolute Gasteiger partial charge is 0.466 e. The molecule has 0 radical (unpaired) electrons. The maximum absolute atomic E-state index is 12.2. The maximum atomic E-state index is 12.2. The molecule has 1 aliphatic heterocycles. The maximum Gasteiger partial charge on any atom is 0.306 e. The molecule has 1 aromatic heterocycles. The third-order valence-electron chi connectivity index (χ3n) is 4.39. The Balaban J connectivity index is 1.45. The van der Waals surface area contributed by atoms with Gasteiger partial charge >= 0.3 is 5.97 Å². The van der Waals surface area contributed by atoms with E-state index < -0.39 is 0 Å². The first-order valence-electron chi connectivity index (χ1n) is 8.75. The third-order valence-corrected chi connectivity index (χ3v) is 4.39. The van der Waals surface area contributed by atoms with Crippen molar-refractivity contribution in [3.8, 4) is 0 Å². The fourth-order valence-corrected chi connectivity index (χ4v) is 3.05. The quantitative estimate of drug-likeness (QED) is 0.805. The number of carbonyl (C=O) groups excluding carboxylic acids is 2. The summed E-state index contributed by atoms with van der Waals surface area (Å²) < 4.78 is 4.86. The van der Waals surface area contributed by atoms with E-state index in [1.54, 1.807) is 6.92 Å². The number of fused-ring (bicyclic) bond motifs is 1. The number of H-pyrrole nitrogens is 1. The molecule has 1 aromatic carbocycles. The van der Waals surface area contributed by atoms with Crippen molar-refractivity contribution in [2.24, 2.45) is 0 Å². The minimum Gasteiger partial charge on any atom is -0.466 e. The lowest BCUT2D eigenvalue weighted by Crippen LogP contribution is -2.48. The van der Waals surface area contributed by atoms with Crippen LogP contribution in [-0.4, -0.2) is 64.4 Å². The van der Waals surface area contributed by atoms with Crippen molar-refractivity contribution in [3.63, 3.8) is 0 Å². The summed E-state index contributed by atoms with van der Waals surface area (Å²) in [6.45, 7) is 5.85. The first-order valence-corrected chi connectivity index (χ1v) is 8.75. The van der Waals surface area contributed by atoms with E-state index in [0.717, 1.165) is 36.5 Å². The summed E-state index contributed by atoms with van der Waals surface area (Å²) in [5.41, 5.74) is 2.02. The normalized spacial score (nSPS) is 15.5. The highest BCUT2D eigenvalue weighted by atomic mass is 16.5. The molecule has 2 aromatic rings. The highest BCUT2D eigenvalue weighted by Gasteiger charge is 2.22. The third kappa shape index (κ3) is 4.57. The second kappa shape index (κ2) is 8.11. The molecular weight excluding hydrogens is 320 g/mol. The van der Waals surface area contributed by atoms with Gasteiger partial charge in [0.25, 0.3) is 0 Å². The molecule has 1 saturated heterocycles. The Labute approximate surface area is 147 Å². The number of aromatic amines is 1. The molecule has 1 fully saturated rings. The molecule has 1 N–H and O–H groups in total. The zero-order valence-electron chi connectivity index (χ0n) is 14.5. The van der Waals surface area contributed by atoms with Crippen molar-refractivity contribution < 1.29 is 14.3 Å². The average molecular weight is 344 g/mol. The molecular formula is C18H24N4O3. The predicted octanol–water partition coefficient (Wildman–Crippen LogP) is 1.55. The Hall–Kier alpha value is -2.41. The van der Waals surface area contributed by atoms with E-state index in [1.165, 1.54) is 0 Å². The van der Waals surface area contributed by atoms with Crippen molar-refractivity contribution in [1.29, 1.82) is 0 Å². The minimum absolute atomic E-state index is 0.0245. The molecule has 0 unspecified atom stereocenters. The van der Waals surface area contributed by atoms with Crippen LogP contribution < -0.4 is 0 Å². The molecule has 0 aliphatic carbocycles. The van der Waals surface area contributed by atoms with E-state index in [4.69, 9.17) is 4.74 Å². The number of rotatable bonds is 6. The number of aromatic nitrogens is 2. The molecule has 0 spiro atoms. The van der Waals surface area contributed by atoms with E-state index in [9.17, 15) is 9.59 Å². The standard InChI is InChI=1S/C18H24N4O3/c1-2-25-18(24)8-7-17(23)22-11-9-21(10-12-22)13-16-19-14-5-3-4-6-15(14)20-16/h3-6H,2,7-13H2,1H3,(H,19,20). The number of piperazine rings is 1. The topological polar surface area (TPSA) is 78.5 Å². The molecule has 0 atom stereocenters. The predicted molar refractivity (Wildman–Crippen MR) is 93.8 cm³/mol. The van der Waals surface area contributed by atoms with Crippen molar-refractivity contribution in [3.05, 3.63) is 30.1 Å². The summed E-state index contributed by atoms with van der Waals surface area (Å²) in [5, 5.41) is 0. The molecule has 0 saturated carbocycles. The molecule has 134 valence electrons. The number of ether oxygens (including phenoxy) is 1. The Kier molecular flexibility index (Phi) is 5.65. The second-order valence-corrected chi connectivity index (χ2v) is 6.16. The number of nitrogens with one attached hydrogen (secondary N) is 1. The molecule has 7 heteroatoms. The van der Waals surface area contributed by atoms with Crippen molar-refractivity contribution >= 4 is 22.9 Å². The number of esters is 1. The van der Waals surface area contributed by atoms with Crippen LogP contribution in [0, 0.1) is 0 Å². The number of benzene rings is 1. The van der Waals surface area contributed by atoms with Crippen LogP contribution in [0.15, 0.2) is 24.3 Å². The first kappa shape index (κ1) is 17.4. The van der Waals surface area contributed by atoms with Gasteiger partial charge in [-0.1, -0.05) is 12.1 Å². The zero-order valence-corrected chi connectivity index (χ0v) is 14.5. The Bertz CT molecular complexity index is 702. The van der Waals surface area contributed by atoms with Gasteiger partial charge < -0.3 is 14.6 Å². The number of para-hydroxylation sites is 2. The molecule has 7 nitrogen and oxygen atoms in total. The summed E-state index contributed by atoms with van der Waals surface area (Å²) >= 11 is 0. The van der Waals surface area contributed by atoms with Gasteiger partial charge in [0.1, 0.15) is 5.82 Å². The summed E-state index contributed by atoms with van der Waals surface area (Å²) in [6.07, 6.45) is 0.383.